The Morgan fingerprint density at radius 3 is 2.56 bits per heavy atom. The fourth-order valence-corrected chi connectivity index (χ4v) is 4.23. The lowest BCUT2D eigenvalue weighted by molar-refractivity contribution is 0.279. The predicted octanol–water partition coefficient (Wildman–Crippen LogP) is 0.701. The molecule has 0 atom stereocenters. The maximum Gasteiger partial charge on any atom is 0.257 e. The Bertz CT molecular complexity index is 994. The molecule has 1 saturated heterocycles. The van der Waals surface area contributed by atoms with E-state index in [1.54, 1.807) is 16.8 Å². The van der Waals surface area contributed by atoms with Gasteiger partial charge in [0.1, 0.15) is 5.65 Å². The van der Waals surface area contributed by atoms with Crippen molar-refractivity contribution in [2.45, 2.75) is 45.4 Å². The summed E-state index contributed by atoms with van der Waals surface area (Å²) in [5, 5.41) is 13.4. The van der Waals surface area contributed by atoms with E-state index in [4.69, 9.17) is 0 Å². The summed E-state index contributed by atoms with van der Waals surface area (Å²) in [4.78, 5) is 21.4. The van der Waals surface area contributed by atoms with E-state index in [9.17, 15) is 18.3 Å². The number of piperidine rings is 1. The number of hydrogen-bond acceptors (Lipinski definition) is 7. The molecule has 0 bridgehead atoms. The lowest BCUT2D eigenvalue weighted by Gasteiger charge is -2.30. The van der Waals surface area contributed by atoms with Gasteiger partial charge in [0, 0.05) is 42.3 Å². The summed E-state index contributed by atoms with van der Waals surface area (Å²) in [6.45, 7) is 4.36. The van der Waals surface area contributed by atoms with Gasteiger partial charge >= 0.3 is 0 Å². The third kappa shape index (κ3) is 4.12. The minimum atomic E-state index is -3.16. The Kier molecular flexibility index (Phi) is 5.50. The largest absolute Gasteiger partial charge is 0.391 e. The van der Waals surface area contributed by atoms with Gasteiger partial charge in [0.25, 0.3) is 5.56 Å². The first-order chi connectivity index (χ1) is 12.7. The number of aliphatic hydroxyl groups is 1. The van der Waals surface area contributed by atoms with Gasteiger partial charge in [-0.2, -0.15) is 4.98 Å². The van der Waals surface area contributed by atoms with Crippen molar-refractivity contribution >= 4 is 27.0 Å². The molecule has 0 amide bonds. The summed E-state index contributed by atoms with van der Waals surface area (Å²) in [7, 11) is -3.16. The van der Waals surface area contributed by atoms with Gasteiger partial charge in [0.2, 0.25) is 16.0 Å². The van der Waals surface area contributed by atoms with Crippen molar-refractivity contribution in [3.8, 4) is 0 Å². The summed E-state index contributed by atoms with van der Waals surface area (Å²) in [6.07, 6.45) is 4.18. The predicted molar refractivity (Wildman–Crippen MR) is 103 cm³/mol. The Labute approximate surface area is 158 Å². The Hall–Kier alpha value is -2.04. The molecule has 1 fully saturated rings. The van der Waals surface area contributed by atoms with Gasteiger partial charge in [0.15, 0.2) is 0 Å². The van der Waals surface area contributed by atoms with Crippen LogP contribution in [0.1, 0.15) is 38.3 Å². The number of fused-ring (bicyclic) bond motifs is 1. The summed E-state index contributed by atoms with van der Waals surface area (Å²) in [5.74, 6) is 0.408. The van der Waals surface area contributed by atoms with Gasteiger partial charge in [-0.05, 0) is 32.8 Å². The fraction of sp³-hybridized carbons (Fsp3) is 0.588. The van der Waals surface area contributed by atoms with E-state index < -0.39 is 10.0 Å². The van der Waals surface area contributed by atoms with Crippen molar-refractivity contribution in [2.24, 2.45) is 0 Å². The number of nitrogens with one attached hydrogen (secondary N) is 1. The Morgan fingerprint density at radius 1 is 1.33 bits per heavy atom. The topological polar surface area (TPSA) is 117 Å². The minimum Gasteiger partial charge on any atom is -0.391 e. The zero-order chi connectivity index (χ0) is 19.8. The van der Waals surface area contributed by atoms with Crippen LogP contribution in [-0.4, -0.2) is 57.8 Å². The number of rotatable bonds is 5. The summed E-state index contributed by atoms with van der Waals surface area (Å²) >= 11 is 0. The molecule has 2 N–H and O–H groups in total. The SMILES string of the molecule is CC(C)n1c(=O)c(CO)cc2cnc(NC3CCN(S(C)(=O)=O)CC3)nc21. The van der Waals surface area contributed by atoms with Crippen LogP contribution in [0.15, 0.2) is 17.1 Å². The van der Waals surface area contributed by atoms with Crippen molar-refractivity contribution in [2.75, 3.05) is 24.7 Å². The van der Waals surface area contributed by atoms with Crippen molar-refractivity contribution < 1.29 is 13.5 Å². The third-order valence-corrected chi connectivity index (χ3v) is 6.09. The second kappa shape index (κ2) is 7.53. The first-order valence-corrected chi connectivity index (χ1v) is 10.8. The highest BCUT2D eigenvalue weighted by Crippen LogP contribution is 2.19. The molecule has 1 aliphatic heterocycles. The molecule has 3 heterocycles. The standard InChI is InChI=1S/C17H25N5O4S/c1-11(2)22-15-12(8-13(10-23)16(22)24)9-18-17(20-15)19-14-4-6-21(7-5-14)27(3,25)26/h8-9,11,14,23H,4-7,10H2,1-3H3,(H,18,19,20). The molecule has 10 heteroatoms. The van der Waals surface area contributed by atoms with Crippen LogP contribution < -0.4 is 10.9 Å². The maximum atomic E-state index is 12.5. The molecule has 3 rings (SSSR count). The minimum absolute atomic E-state index is 0.0661. The van der Waals surface area contributed by atoms with Crippen molar-refractivity contribution in [1.29, 1.82) is 0 Å². The Balaban J connectivity index is 1.87. The van der Waals surface area contributed by atoms with Crippen LogP contribution >= 0.6 is 0 Å². The molecule has 1 aliphatic rings. The lowest BCUT2D eigenvalue weighted by atomic mass is 10.1. The van der Waals surface area contributed by atoms with E-state index in [1.165, 1.54) is 10.6 Å². The van der Waals surface area contributed by atoms with E-state index in [0.717, 1.165) is 0 Å². The van der Waals surface area contributed by atoms with E-state index in [1.807, 2.05) is 13.8 Å². The fourth-order valence-electron chi connectivity index (χ4n) is 3.35. The smallest absolute Gasteiger partial charge is 0.257 e. The molecular weight excluding hydrogens is 370 g/mol. The van der Waals surface area contributed by atoms with Crippen LogP contribution in [0.25, 0.3) is 11.0 Å². The average molecular weight is 395 g/mol. The Morgan fingerprint density at radius 2 is 2.00 bits per heavy atom. The monoisotopic (exact) mass is 395 g/mol. The molecule has 2 aromatic heterocycles. The third-order valence-electron chi connectivity index (χ3n) is 4.79. The zero-order valence-electron chi connectivity index (χ0n) is 15.7. The molecule has 2 aromatic rings. The molecule has 9 nitrogen and oxygen atoms in total. The average Bonchev–Trinajstić information content (AvgIpc) is 2.60. The quantitative estimate of drug-likeness (QED) is 0.765. The second-order valence-corrected chi connectivity index (χ2v) is 9.13. The molecule has 27 heavy (non-hydrogen) atoms. The number of sulfonamides is 1. The first-order valence-electron chi connectivity index (χ1n) is 8.94. The number of aliphatic hydroxyl groups excluding tert-OH is 1. The van der Waals surface area contributed by atoms with E-state index in [-0.39, 0.29) is 24.2 Å². The number of aromatic nitrogens is 3. The maximum absolute atomic E-state index is 12.5. The van der Waals surface area contributed by atoms with Crippen LogP contribution in [0, 0.1) is 0 Å². The summed E-state index contributed by atoms with van der Waals surface area (Å²) in [6, 6.07) is 1.56. The summed E-state index contributed by atoms with van der Waals surface area (Å²) < 4.78 is 26.3. The number of anilines is 1. The van der Waals surface area contributed by atoms with E-state index in [0.29, 0.717) is 48.5 Å². The molecule has 148 valence electrons. The number of pyridine rings is 1. The molecule has 0 unspecified atom stereocenters. The summed E-state index contributed by atoms with van der Waals surface area (Å²) in [5.41, 5.74) is 0.568. The van der Waals surface area contributed by atoms with Gasteiger partial charge in [-0.25, -0.2) is 17.7 Å². The lowest BCUT2D eigenvalue weighted by Crippen LogP contribution is -2.42. The van der Waals surface area contributed by atoms with E-state index in [2.05, 4.69) is 15.3 Å². The van der Waals surface area contributed by atoms with Gasteiger partial charge in [0.05, 0.1) is 12.9 Å². The molecule has 0 aromatic carbocycles. The van der Waals surface area contributed by atoms with Crippen LogP contribution in [0.2, 0.25) is 0 Å². The van der Waals surface area contributed by atoms with Crippen LogP contribution in [0.5, 0.6) is 0 Å². The number of nitrogens with zero attached hydrogens (tertiary/aromatic N) is 4. The molecule has 0 saturated carbocycles. The van der Waals surface area contributed by atoms with Gasteiger partial charge in [-0.1, -0.05) is 0 Å². The number of hydrogen-bond donors (Lipinski definition) is 2. The highest BCUT2D eigenvalue weighted by atomic mass is 32.2. The highest BCUT2D eigenvalue weighted by Gasteiger charge is 2.25. The van der Waals surface area contributed by atoms with Crippen molar-refractivity contribution in [3.05, 3.63) is 28.2 Å². The molecule has 0 radical (unpaired) electrons. The normalized spacial score (nSPS) is 16.9. The van der Waals surface area contributed by atoms with Crippen molar-refractivity contribution in [1.82, 2.24) is 18.8 Å². The van der Waals surface area contributed by atoms with Crippen LogP contribution in [-0.2, 0) is 16.6 Å². The molecule has 0 spiro atoms. The second-order valence-electron chi connectivity index (χ2n) is 7.15. The first kappa shape index (κ1) is 19.7. The van der Waals surface area contributed by atoms with Gasteiger partial charge in [-0.3, -0.25) is 9.36 Å². The van der Waals surface area contributed by atoms with Crippen LogP contribution in [0.4, 0.5) is 5.95 Å². The highest BCUT2D eigenvalue weighted by molar-refractivity contribution is 7.88. The molecule has 0 aliphatic carbocycles. The molecular formula is C17H25N5O4S. The zero-order valence-corrected chi connectivity index (χ0v) is 16.5. The van der Waals surface area contributed by atoms with Crippen molar-refractivity contribution in [3.63, 3.8) is 0 Å². The van der Waals surface area contributed by atoms with Gasteiger partial charge < -0.3 is 10.4 Å². The van der Waals surface area contributed by atoms with Crippen LogP contribution in [0.3, 0.4) is 0 Å². The van der Waals surface area contributed by atoms with Gasteiger partial charge in [-0.15, -0.1) is 0 Å². The van der Waals surface area contributed by atoms with E-state index >= 15 is 0 Å².